The fourth-order valence-corrected chi connectivity index (χ4v) is 6.53. The fourth-order valence-electron chi connectivity index (χ4n) is 6.53. The van der Waals surface area contributed by atoms with E-state index in [2.05, 4.69) is 10.6 Å². The zero-order valence-electron chi connectivity index (χ0n) is 27.7. The SMILES string of the molecule is Cc1ccc(C(O)(c2ccc(C)cc2)[C@@H](C)NC(=O)C2(C(=O)N[C@H](C)C(O)(c3ccc(C)cc3)c3ccc(C)cc3)CCC2)cc1. The first-order chi connectivity index (χ1) is 21.8. The average molecular weight is 619 g/mol. The molecule has 240 valence electrons. The number of aliphatic hydroxyl groups is 2. The van der Waals surface area contributed by atoms with Gasteiger partial charge in [0.2, 0.25) is 11.8 Å². The Balaban J connectivity index is 1.43. The first-order valence-corrected chi connectivity index (χ1v) is 16.2. The highest BCUT2D eigenvalue weighted by Crippen LogP contribution is 2.43. The second kappa shape index (κ2) is 12.9. The number of amides is 2. The second-order valence-corrected chi connectivity index (χ2v) is 13.3. The molecule has 0 unspecified atom stereocenters. The van der Waals surface area contributed by atoms with Gasteiger partial charge in [-0.15, -0.1) is 0 Å². The fraction of sp³-hybridized carbons (Fsp3) is 0.350. The van der Waals surface area contributed by atoms with Crippen molar-refractivity contribution in [1.82, 2.24) is 10.6 Å². The van der Waals surface area contributed by atoms with Crippen molar-refractivity contribution in [3.63, 3.8) is 0 Å². The van der Waals surface area contributed by atoms with Crippen LogP contribution >= 0.6 is 0 Å². The van der Waals surface area contributed by atoms with Crippen molar-refractivity contribution in [2.75, 3.05) is 0 Å². The number of hydrogen-bond donors (Lipinski definition) is 4. The van der Waals surface area contributed by atoms with Crippen LogP contribution in [0.1, 0.15) is 77.6 Å². The van der Waals surface area contributed by atoms with E-state index >= 15 is 0 Å². The molecule has 2 atom stereocenters. The normalized spacial score (nSPS) is 15.7. The molecule has 1 aliphatic rings. The van der Waals surface area contributed by atoms with Gasteiger partial charge in [0.15, 0.2) is 0 Å². The summed E-state index contributed by atoms with van der Waals surface area (Å²) in [4.78, 5) is 28.2. The molecule has 0 radical (unpaired) electrons. The molecule has 4 aromatic rings. The minimum Gasteiger partial charge on any atom is -0.378 e. The van der Waals surface area contributed by atoms with Gasteiger partial charge in [-0.25, -0.2) is 0 Å². The van der Waals surface area contributed by atoms with E-state index < -0.39 is 40.5 Å². The molecule has 4 aromatic carbocycles. The van der Waals surface area contributed by atoms with E-state index in [1.54, 1.807) is 13.8 Å². The summed E-state index contributed by atoms with van der Waals surface area (Å²) in [6.07, 6.45) is 1.49. The molecule has 46 heavy (non-hydrogen) atoms. The molecular weight excluding hydrogens is 572 g/mol. The third kappa shape index (κ3) is 6.00. The van der Waals surface area contributed by atoms with Gasteiger partial charge in [-0.1, -0.05) is 126 Å². The zero-order valence-corrected chi connectivity index (χ0v) is 27.7. The predicted octanol–water partition coefficient (Wildman–Crippen LogP) is 6.27. The number of nitrogens with one attached hydrogen (secondary N) is 2. The van der Waals surface area contributed by atoms with Crippen LogP contribution in [0.15, 0.2) is 97.1 Å². The Morgan fingerprint density at radius 3 is 0.978 bits per heavy atom. The molecule has 0 heterocycles. The van der Waals surface area contributed by atoms with Crippen LogP contribution in [-0.4, -0.2) is 34.1 Å². The second-order valence-electron chi connectivity index (χ2n) is 13.3. The van der Waals surface area contributed by atoms with Crippen molar-refractivity contribution in [2.45, 2.75) is 84.1 Å². The summed E-state index contributed by atoms with van der Waals surface area (Å²) in [7, 11) is 0. The highest BCUT2D eigenvalue weighted by Gasteiger charge is 2.53. The topological polar surface area (TPSA) is 98.7 Å². The molecule has 4 N–H and O–H groups in total. The summed E-state index contributed by atoms with van der Waals surface area (Å²) >= 11 is 0. The van der Waals surface area contributed by atoms with E-state index in [0.29, 0.717) is 35.1 Å². The van der Waals surface area contributed by atoms with Crippen LogP contribution in [0.4, 0.5) is 0 Å². The van der Waals surface area contributed by atoms with Gasteiger partial charge in [0.05, 0.1) is 12.1 Å². The molecule has 0 aliphatic heterocycles. The van der Waals surface area contributed by atoms with Crippen LogP contribution in [0.5, 0.6) is 0 Å². The Bertz CT molecular complexity index is 1460. The van der Waals surface area contributed by atoms with Gasteiger partial charge in [-0.3, -0.25) is 9.59 Å². The van der Waals surface area contributed by atoms with E-state index in [9.17, 15) is 19.8 Å². The number of aryl methyl sites for hydroxylation is 4. The zero-order chi connectivity index (χ0) is 33.3. The summed E-state index contributed by atoms with van der Waals surface area (Å²) in [6, 6.07) is 29.0. The minimum absolute atomic E-state index is 0.380. The standard InChI is InChI=1S/C40H46N2O4/c1-26-8-16-32(17-9-26)39(45,33-18-10-27(2)11-19-33)30(5)41-36(43)38(24-7-25-38)37(44)42-31(6)40(46,34-20-12-28(3)13-21-34)35-22-14-29(4)15-23-35/h8-23,30-31,45-46H,7,24-25H2,1-6H3,(H,41,43)(H,42,44)/t30-,31-/m1/s1. The van der Waals surface area contributed by atoms with E-state index in [1.807, 2.05) is 125 Å². The lowest BCUT2D eigenvalue weighted by atomic mass is 9.66. The van der Waals surface area contributed by atoms with Crippen molar-refractivity contribution < 1.29 is 19.8 Å². The largest absolute Gasteiger partial charge is 0.378 e. The van der Waals surface area contributed by atoms with Crippen LogP contribution in [0.3, 0.4) is 0 Å². The molecule has 0 aromatic heterocycles. The van der Waals surface area contributed by atoms with Crippen molar-refractivity contribution in [3.05, 3.63) is 142 Å². The van der Waals surface area contributed by atoms with Gasteiger partial charge >= 0.3 is 0 Å². The number of hydrogen-bond acceptors (Lipinski definition) is 4. The predicted molar refractivity (Wildman–Crippen MR) is 182 cm³/mol. The average Bonchev–Trinajstić information content (AvgIpc) is 3.01. The molecule has 0 spiro atoms. The van der Waals surface area contributed by atoms with Crippen LogP contribution in [0.2, 0.25) is 0 Å². The van der Waals surface area contributed by atoms with Gasteiger partial charge in [0.1, 0.15) is 16.6 Å². The number of benzene rings is 4. The highest BCUT2D eigenvalue weighted by atomic mass is 16.3. The molecule has 5 rings (SSSR count). The monoisotopic (exact) mass is 618 g/mol. The molecule has 1 aliphatic carbocycles. The van der Waals surface area contributed by atoms with Gasteiger partial charge < -0.3 is 20.8 Å². The first kappa shape index (κ1) is 33.1. The third-order valence-corrected chi connectivity index (χ3v) is 9.99. The number of carbonyl (C=O) groups excluding carboxylic acids is 2. The van der Waals surface area contributed by atoms with Gasteiger partial charge in [-0.05, 0) is 76.6 Å². The smallest absolute Gasteiger partial charge is 0.236 e. The first-order valence-electron chi connectivity index (χ1n) is 16.2. The van der Waals surface area contributed by atoms with E-state index in [1.165, 1.54) is 0 Å². The summed E-state index contributed by atoms with van der Waals surface area (Å²) in [5.74, 6) is -0.856. The van der Waals surface area contributed by atoms with Gasteiger partial charge in [0.25, 0.3) is 0 Å². The number of rotatable bonds is 10. The summed E-state index contributed by atoms with van der Waals surface area (Å²) in [5, 5.41) is 30.8. The Morgan fingerprint density at radius 2 is 0.783 bits per heavy atom. The van der Waals surface area contributed by atoms with E-state index in [0.717, 1.165) is 28.7 Å². The van der Waals surface area contributed by atoms with Crippen LogP contribution in [-0.2, 0) is 20.8 Å². The third-order valence-electron chi connectivity index (χ3n) is 9.99. The Labute approximate surface area is 272 Å². The summed E-state index contributed by atoms with van der Waals surface area (Å²) in [6.45, 7) is 11.5. The Morgan fingerprint density at radius 1 is 0.543 bits per heavy atom. The lowest BCUT2D eigenvalue weighted by molar-refractivity contribution is -0.152. The molecule has 1 fully saturated rings. The van der Waals surface area contributed by atoms with Crippen LogP contribution in [0, 0.1) is 33.1 Å². The molecule has 6 heteroatoms. The maximum Gasteiger partial charge on any atom is 0.236 e. The maximum absolute atomic E-state index is 14.1. The Hall–Kier alpha value is -4.26. The van der Waals surface area contributed by atoms with Crippen LogP contribution in [0.25, 0.3) is 0 Å². The number of carbonyl (C=O) groups is 2. The van der Waals surface area contributed by atoms with Crippen LogP contribution < -0.4 is 10.6 Å². The molecular formula is C40H46N2O4. The molecule has 0 bridgehead atoms. The highest BCUT2D eigenvalue weighted by molar-refractivity contribution is 6.06. The van der Waals surface area contributed by atoms with E-state index in [-0.39, 0.29) is 0 Å². The summed E-state index contributed by atoms with van der Waals surface area (Å²) in [5.41, 5.74) is 2.44. The molecule has 0 saturated heterocycles. The molecule has 1 saturated carbocycles. The molecule has 6 nitrogen and oxygen atoms in total. The van der Waals surface area contributed by atoms with E-state index in [4.69, 9.17) is 0 Å². The lowest BCUT2D eigenvalue weighted by Gasteiger charge is -2.44. The van der Waals surface area contributed by atoms with Gasteiger partial charge in [-0.2, -0.15) is 0 Å². The minimum atomic E-state index is -1.54. The van der Waals surface area contributed by atoms with Crippen molar-refractivity contribution >= 4 is 11.8 Å². The van der Waals surface area contributed by atoms with Crippen molar-refractivity contribution in [2.24, 2.45) is 5.41 Å². The van der Waals surface area contributed by atoms with Crippen molar-refractivity contribution in [1.29, 1.82) is 0 Å². The Kier molecular flexibility index (Phi) is 9.26. The van der Waals surface area contributed by atoms with Crippen molar-refractivity contribution in [3.8, 4) is 0 Å². The van der Waals surface area contributed by atoms with Gasteiger partial charge in [0, 0.05) is 0 Å². The quantitative estimate of drug-likeness (QED) is 0.158. The lowest BCUT2D eigenvalue weighted by Crippen LogP contribution is -2.62. The maximum atomic E-state index is 14.1. The molecule has 2 amide bonds. The summed E-state index contributed by atoms with van der Waals surface area (Å²) < 4.78 is 0.